The quantitative estimate of drug-likeness (QED) is 0.839. The van der Waals surface area contributed by atoms with Crippen LogP contribution in [-0.2, 0) is 9.59 Å². The number of carboxylic acid groups (broad SMARTS) is 2. The van der Waals surface area contributed by atoms with E-state index in [0.717, 1.165) is 10.9 Å². The second kappa shape index (κ2) is 5.52. The second-order valence-electron chi connectivity index (χ2n) is 4.26. The molecule has 0 bridgehead atoms. The second-order valence-corrected chi connectivity index (χ2v) is 4.26. The number of hydrogen-bond acceptors (Lipinski definition) is 4. The number of nitrogens with zero attached hydrogens (tertiary/aromatic N) is 2. The first-order valence-electron chi connectivity index (χ1n) is 5.91. The molecule has 1 aromatic carbocycles. The fraction of sp³-hybridized carbons (Fsp3) is 0.231. The highest BCUT2D eigenvalue weighted by Crippen LogP contribution is 2.14. The summed E-state index contributed by atoms with van der Waals surface area (Å²) in [7, 11) is 0. The lowest BCUT2D eigenvalue weighted by atomic mass is 10.1. The van der Waals surface area contributed by atoms with E-state index >= 15 is 0 Å². The van der Waals surface area contributed by atoms with Gasteiger partial charge in [-0.2, -0.15) is 0 Å². The van der Waals surface area contributed by atoms with Crippen molar-refractivity contribution in [2.24, 2.45) is 0 Å². The van der Waals surface area contributed by atoms with E-state index in [2.05, 4.69) is 4.98 Å². The van der Waals surface area contributed by atoms with Crippen LogP contribution in [0.2, 0.25) is 0 Å². The van der Waals surface area contributed by atoms with Gasteiger partial charge in [0.1, 0.15) is 6.04 Å². The van der Waals surface area contributed by atoms with Crippen LogP contribution in [0.1, 0.15) is 18.9 Å². The summed E-state index contributed by atoms with van der Waals surface area (Å²) in [5, 5.41) is 18.1. The van der Waals surface area contributed by atoms with Crippen molar-refractivity contribution in [2.45, 2.75) is 18.9 Å². The van der Waals surface area contributed by atoms with Gasteiger partial charge in [0.2, 0.25) is 0 Å². The van der Waals surface area contributed by atoms with Crippen molar-refractivity contribution >= 4 is 22.8 Å². The maximum absolute atomic E-state index is 12.2. The number of para-hydroxylation sites is 1. The molecule has 0 saturated carbocycles. The lowest BCUT2D eigenvalue weighted by Gasteiger charge is -2.14. The fourth-order valence-electron chi connectivity index (χ4n) is 1.95. The van der Waals surface area contributed by atoms with Gasteiger partial charge in [-0.25, -0.2) is 9.78 Å². The van der Waals surface area contributed by atoms with E-state index in [1.54, 1.807) is 24.3 Å². The van der Waals surface area contributed by atoms with Crippen LogP contribution in [0.25, 0.3) is 10.9 Å². The van der Waals surface area contributed by atoms with E-state index in [1.165, 1.54) is 0 Å². The van der Waals surface area contributed by atoms with E-state index in [1.807, 2.05) is 0 Å². The van der Waals surface area contributed by atoms with Crippen molar-refractivity contribution in [3.63, 3.8) is 0 Å². The highest BCUT2D eigenvalue weighted by Gasteiger charge is 2.22. The third-order valence-corrected chi connectivity index (χ3v) is 2.94. The normalized spacial score (nSPS) is 12.2. The van der Waals surface area contributed by atoms with Crippen LogP contribution in [0, 0.1) is 0 Å². The van der Waals surface area contributed by atoms with Crippen LogP contribution in [-0.4, -0.2) is 31.7 Å². The summed E-state index contributed by atoms with van der Waals surface area (Å²) in [5.74, 6) is -2.37. The molecule has 2 aromatic rings. The summed E-state index contributed by atoms with van der Waals surface area (Å²) < 4.78 is 0.966. The van der Waals surface area contributed by atoms with Gasteiger partial charge >= 0.3 is 11.9 Å². The largest absolute Gasteiger partial charge is 0.481 e. The number of aromatic nitrogens is 2. The molecular formula is C13H12N2O5. The Morgan fingerprint density at radius 2 is 1.95 bits per heavy atom. The van der Waals surface area contributed by atoms with E-state index < -0.39 is 23.5 Å². The van der Waals surface area contributed by atoms with Gasteiger partial charge in [0, 0.05) is 6.42 Å². The molecule has 0 aliphatic heterocycles. The summed E-state index contributed by atoms with van der Waals surface area (Å²) in [4.78, 5) is 38.0. The topological polar surface area (TPSA) is 109 Å². The van der Waals surface area contributed by atoms with Gasteiger partial charge in [-0.3, -0.25) is 14.2 Å². The molecular weight excluding hydrogens is 264 g/mol. The molecule has 2 rings (SSSR count). The maximum Gasteiger partial charge on any atom is 0.326 e. The van der Waals surface area contributed by atoms with Crippen LogP contribution >= 0.6 is 0 Å². The van der Waals surface area contributed by atoms with E-state index in [4.69, 9.17) is 10.2 Å². The van der Waals surface area contributed by atoms with Crippen molar-refractivity contribution in [1.82, 2.24) is 9.55 Å². The molecule has 0 radical (unpaired) electrons. The van der Waals surface area contributed by atoms with Crippen molar-refractivity contribution < 1.29 is 19.8 Å². The van der Waals surface area contributed by atoms with E-state index in [0.29, 0.717) is 10.9 Å². The Morgan fingerprint density at radius 1 is 1.25 bits per heavy atom. The molecule has 1 unspecified atom stereocenters. The first kappa shape index (κ1) is 13.7. The predicted molar refractivity (Wildman–Crippen MR) is 69.5 cm³/mol. The number of carbonyl (C=O) groups is 2. The summed E-state index contributed by atoms with van der Waals surface area (Å²) >= 11 is 0. The van der Waals surface area contributed by atoms with Gasteiger partial charge in [0.15, 0.2) is 0 Å². The van der Waals surface area contributed by atoms with Gasteiger partial charge in [-0.15, -0.1) is 0 Å². The number of fused-ring (bicyclic) bond motifs is 1. The Kier molecular flexibility index (Phi) is 3.79. The minimum Gasteiger partial charge on any atom is -0.481 e. The predicted octanol–water partition coefficient (Wildman–Crippen LogP) is 0.887. The standard InChI is InChI=1S/C13H12N2O5/c16-11(17)6-5-10(13(19)20)15-7-14-9-4-2-1-3-8(9)12(15)18/h1-4,7,10H,5-6H2,(H,16,17)(H,19,20). The smallest absolute Gasteiger partial charge is 0.326 e. The number of carboxylic acids is 2. The summed E-state index contributed by atoms with van der Waals surface area (Å²) in [6.07, 6.45) is 0.631. The molecule has 7 heteroatoms. The minimum atomic E-state index is -1.26. The van der Waals surface area contributed by atoms with Crippen molar-refractivity contribution in [1.29, 1.82) is 0 Å². The number of benzene rings is 1. The van der Waals surface area contributed by atoms with Crippen LogP contribution in [0.5, 0.6) is 0 Å². The molecule has 1 aromatic heterocycles. The average molecular weight is 276 g/mol. The Bertz CT molecular complexity index is 722. The lowest BCUT2D eigenvalue weighted by molar-refractivity contribution is -0.142. The maximum atomic E-state index is 12.2. The third-order valence-electron chi connectivity index (χ3n) is 2.94. The third kappa shape index (κ3) is 2.66. The lowest BCUT2D eigenvalue weighted by Crippen LogP contribution is -2.30. The zero-order valence-electron chi connectivity index (χ0n) is 10.4. The van der Waals surface area contributed by atoms with Crippen LogP contribution in [0.4, 0.5) is 0 Å². The average Bonchev–Trinajstić information content (AvgIpc) is 2.41. The van der Waals surface area contributed by atoms with Crippen LogP contribution in [0.15, 0.2) is 35.4 Å². The summed E-state index contributed by atoms with van der Waals surface area (Å²) in [6.45, 7) is 0. The van der Waals surface area contributed by atoms with Gasteiger partial charge in [0.05, 0.1) is 17.2 Å². The molecule has 0 aliphatic rings. The van der Waals surface area contributed by atoms with Gasteiger partial charge in [-0.05, 0) is 18.6 Å². The van der Waals surface area contributed by atoms with Crippen molar-refractivity contribution in [2.75, 3.05) is 0 Å². The minimum absolute atomic E-state index is 0.176. The molecule has 0 fully saturated rings. The molecule has 0 spiro atoms. The molecule has 2 N–H and O–H groups in total. The van der Waals surface area contributed by atoms with Crippen LogP contribution < -0.4 is 5.56 Å². The van der Waals surface area contributed by atoms with Crippen LogP contribution in [0.3, 0.4) is 0 Å². The van der Waals surface area contributed by atoms with Crippen molar-refractivity contribution in [3.8, 4) is 0 Å². The summed E-state index contributed by atoms with van der Waals surface area (Å²) in [6, 6.07) is 5.34. The molecule has 1 heterocycles. The molecule has 0 amide bonds. The molecule has 1 atom stereocenters. The van der Waals surface area contributed by atoms with E-state index in [9.17, 15) is 14.4 Å². The highest BCUT2D eigenvalue weighted by atomic mass is 16.4. The first-order valence-corrected chi connectivity index (χ1v) is 5.91. The van der Waals surface area contributed by atoms with Gasteiger partial charge in [-0.1, -0.05) is 12.1 Å². The zero-order valence-corrected chi connectivity index (χ0v) is 10.4. The Morgan fingerprint density at radius 3 is 2.60 bits per heavy atom. The highest BCUT2D eigenvalue weighted by molar-refractivity contribution is 5.78. The first-order chi connectivity index (χ1) is 9.50. The number of hydrogen-bond donors (Lipinski definition) is 2. The SMILES string of the molecule is O=C(O)CCC(C(=O)O)n1cnc2ccccc2c1=O. The Balaban J connectivity index is 2.48. The Hall–Kier alpha value is -2.70. The van der Waals surface area contributed by atoms with Crippen molar-refractivity contribution in [3.05, 3.63) is 40.9 Å². The van der Waals surface area contributed by atoms with Gasteiger partial charge in [0.25, 0.3) is 5.56 Å². The molecule has 0 aliphatic carbocycles. The number of aliphatic carboxylic acids is 2. The monoisotopic (exact) mass is 276 g/mol. The fourth-order valence-corrected chi connectivity index (χ4v) is 1.95. The Labute approximate surface area is 113 Å². The molecule has 104 valence electrons. The van der Waals surface area contributed by atoms with Gasteiger partial charge < -0.3 is 10.2 Å². The van der Waals surface area contributed by atoms with E-state index in [-0.39, 0.29) is 12.8 Å². The molecule has 20 heavy (non-hydrogen) atoms. The number of rotatable bonds is 5. The summed E-state index contributed by atoms with van der Waals surface area (Å²) in [5.41, 5.74) is -0.0236. The molecule has 0 saturated heterocycles. The molecule has 7 nitrogen and oxygen atoms in total. The zero-order chi connectivity index (χ0) is 14.7.